The molecule has 0 aromatic heterocycles. The third-order valence-corrected chi connectivity index (χ3v) is 3.92. The van der Waals surface area contributed by atoms with Gasteiger partial charge in [0.25, 0.3) is 0 Å². The molecule has 0 aliphatic heterocycles. The van der Waals surface area contributed by atoms with Crippen molar-refractivity contribution in [3.8, 4) is 11.1 Å². The summed E-state index contributed by atoms with van der Waals surface area (Å²) in [7, 11) is 0. The van der Waals surface area contributed by atoms with Crippen LogP contribution in [0.1, 0.15) is 18.4 Å². The highest BCUT2D eigenvalue weighted by Gasteiger charge is 2.21. The lowest BCUT2D eigenvalue weighted by atomic mass is 10.0. The van der Waals surface area contributed by atoms with Crippen molar-refractivity contribution in [3.05, 3.63) is 58.4 Å². The molecule has 1 fully saturated rings. The molecule has 21 heavy (non-hydrogen) atoms. The first kappa shape index (κ1) is 14.4. The first-order valence-electron chi connectivity index (χ1n) is 6.72. The van der Waals surface area contributed by atoms with E-state index in [0.717, 1.165) is 24.5 Å². The minimum absolute atomic E-state index is 0.0261. The summed E-state index contributed by atoms with van der Waals surface area (Å²) in [6.07, 6.45) is 2.30. The van der Waals surface area contributed by atoms with E-state index in [9.17, 15) is 13.2 Å². The van der Waals surface area contributed by atoms with Gasteiger partial charge in [0.1, 0.15) is 0 Å². The normalized spacial score (nSPS) is 14.5. The average molecular weight is 312 g/mol. The van der Waals surface area contributed by atoms with Crippen molar-refractivity contribution in [2.45, 2.75) is 25.4 Å². The van der Waals surface area contributed by atoms with Gasteiger partial charge in [0.15, 0.2) is 17.5 Å². The number of hydrogen-bond donors (Lipinski definition) is 1. The van der Waals surface area contributed by atoms with Gasteiger partial charge in [-0.25, -0.2) is 13.2 Å². The van der Waals surface area contributed by atoms with Crippen molar-refractivity contribution in [2.24, 2.45) is 0 Å². The van der Waals surface area contributed by atoms with Gasteiger partial charge < -0.3 is 5.32 Å². The zero-order valence-corrected chi connectivity index (χ0v) is 11.9. The van der Waals surface area contributed by atoms with E-state index in [-0.39, 0.29) is 5.56 Å². The summed E-state index contributed by atoms with van der Waals surface area (Å²) in [6.45, 7) is 0.572. The van der Waals surface area contributed by atoms with Gasteiger partial charge in [-0.1, -0.05) is 17.7 Å². The second kappa shape index (κ2) is 5.70. The Labute approximate surface area is 125 Å². The number of hydrogen-bond acceptors (Lipinski definition) is 1. The van der Waals surface area contributed by atoms with E-state index < -0.39 is 17.5 Å². The third kappa shape index (κ3) is 3.06. The Balaban J connectivity index is 1.94. The van der Waals surface area contributed by atoms with E-state index in [4.69, 9.17) is 11.6 Å². The molecule has 0 heterocycles. The summed E-state index contributed by atoms with van der Waals surface area (Å²) in [5, 5.41) is 3.88. The van der Waals surface area contributed by atoms with Gasteiger partial charge in [0.05, 0.1) is 0 Å². The maximum absolute atomic E-state index is 13.8. The molecule has 3 rings (SSSR count). The fourth-order valence-electron chi connectivity index (χ4n) is 2.17. The summed E-state index contributed by atoms with van der Waals surface area (Å²) < 4.78 is 40.2. The summed E-state index contributed by atoms with van der Waals surface area (Å²) in [4.78, 5) is 0. The SMILES string of the molecule is Fc1ccc(-c2ccc(Cl)c(CNC3CC3)c2)c(F)c1F. The highest BCUT2D eigenvalue weighted by atomic mass is 35.5. The van der Waals surface area contributed by atoms with Crippen molar-refractivity contribution in [3.63, 3.8) is 0 Å². The molecule has 0 spiro atoms. The molecule has 1 saturated carbocycles. The van der Waals surface area contributed by atoms with Gasteiger partial charge in [-0.15, -0.1) is 0 Å². The van der Waals surface area contributed by atoms with E-state index in [1.54, 1.807) is 18.2 Å². The lowest BCUT2D eigenvalue weighted by Gasteiger charge is -2.10. The van der Waals surface area contributed by atoms with Crippen LogP contribution >= 0.6 is 11.6 Å². The quantitative estimate of drug-likeness (QED) is 0.809. The van der Waals surface area contributed by atoms with E-state index in [1.165, 1.54) is 6.07 Å². The molecule has 0 atom stereocenters. The van der Waals surface area contributed by atoms with Crippen LogP contribution in [-0.4, -0.2) is 6.04 Å². The number of nitrogens with one attached hydrogen (secondary N) is 1. The first-order chi connectivity index (χ1) is 10.1. The molecule has 0 amide bonds. The predicted octanol–water partition coefficient (Wildman–Crippen LogP) is 4.68. The molecule has 0 bridgehead atoms. The summed E-state index contributed by atoms with van der Waals surface area (Å²) in [5.74, 6) is -3.83. The lowest BCUT2D eigenvalue weighted by Crippen LogP contribution is -2.15. The first-order valence-corrected chi connectivity index (χ1v) is 7.09. The van der Waals surface area contributed by atoms with E-state index in [1.807, 2.05) is 0 Å². The Bertz CT molecular complexity index is 683. The maximum atomic E-state index is 13.8. The second-order valence-electron chi connectivity index (χ2n) is 5.18. The average Bonchev–Trinajstić information content (AvgIpc) is 3.29. The Kier molecular flexibility index (Phi) is 3.91. The van der Waals surface area contributed by atoms with Gasteiger partial charge in [0, 0.05) is 23.2 Å². The van der Waals surface area contributed by atoms with Crippen LogP contribution < -0.4 is 5.32 Å². The van der Waals surface area contributed by atoms with Gasteiger partial charge in [-0.2, -0.15) is 0 Å². The van der Waals surface area contributed by atoms with Gasteiger partial charge >= 0.3 is 0 Å². The van der Waals surface area contributed by atoms with Gasteiger partial charge in [0.2, 0.25) is 0 Å². The third-order valence-electron chi connectivity index (χ3n) is 3.55. The fourth-order valence-corrected chi connectivity index (χ4v) is 2.35. The molecule has 1 nitrogen and oxygen atoms in total. The van der Waals surface area contributed by atoms with Crippen LogP contribution in [0.4, 0.5) is 13.2 Å². The monoisotopic (exact) mass is 311 g/mol. The van der Waals surface area contributed by atoms with Crippen LogP contribution in [0.2, 0.25) is 5.02 Å². The molecule has 110 valence electrons. The predicted molar refractivity (Wildman–Crippen MR) is 76.6 cm³/mol. The lowest BCUT2D eigenvalue weighted by molar-refractivity contribution is 0.449. The van der Waals surface area contributed by atoms with Gasteiger partial charge in [-0.05, 0) is 48.2 Å². The molecule has 0 radical (unpaired) electrons. The largest absolute Gasteiger partial charge is 0.310 e. The van der Waals surface area contributed by atoms with Crippen LogP contribution in [0.3, 0.4) is 0 Å². The summed E-state index contributed by atoms with van der Waals surface area (Å²) in [5.41, 5.74) is 1.31. The van der Waals surface area contributed by atoms with E-state index >= 15 is 0 Å². The van der Waals surface area contributed by atoms with Crippen LogP contribution in [0.25, 0.3) is 11.1 Å². The topological polar surface area (TPSA) is 12.0 Å². The highest BCUT2D eigenvalue weighted by Crippen LogP contribution is 2.29. The molecule has 5 heteroatoms. The molecular weight excluding hydrogens is 299 g/mol. The molecule has 0 saturated heterocycles. The maximum Gasteiger partial charge on any atom is 0.195 e. The minimum atomic E-state index is -1.46. The van der Waals surface area contributed by atoms with Crippen molar-refractivity contribution in [1.82, 2.24) is 5.32 Å². The molecular formula is C16H13ClF3N. The minimum Gasteiger partial charge on any atom is -0.310 e. The van der Waals surface area contributed by atoms with Crippen molar-refractivity contribution < 1.29 is 13.2 Å². The van der Waals surface area contributed by atoms with Gasteiger partial charge in [-0.3, -0.25) is 0 Å². The Morgan fingerprint density at radius 2 is 1.81 bits per heavy atom. The highest BCUT2D eigenvalue weighted by molar-refractivity contribution is 6.31. The van der Waals surface area contributed by atoms with Crippen LogP contribution in [0, 0.1) is 17.5 Å². The molecule has 1 aliphatic carbocycles. The molecule has 0 unspecified atom stereocenters. The van der Waals surface area contributed by atoms with Crippen LogP contribution in [0.15, 0.2) is 30.3 Å². The number of benzene rings is 2. The molecule has 2 aromatic carbocycles. The molecule has 2 aromatic rings. The Morgan fingerprint density at radius 1 is 1.05 bits per heavy atom. The van der Waals surface area contributed by atoms with Crippen LogP contribution in [-0.2, 0) is 6.54 Å². The zero-order valence-electron chi connectivity index (χ0n) is 11.1. The fraction of sp³-hybridized carbons (Fsp3) is 0.250. The van der Waals surface area contributed by atoms with Crippen molar-refractivity contribution >= 4 is 11.6 Å². The Hall–Kier alpha value is -1.52. The number of rotatable bonds is 4. The van der Waals surface area contributed by atoms with E-state index in [0.29, 0.717) is 23.2 Å². The van der Waals surface area contributed by atoms with Crippen LogP contribution in [0.5, 0.6) is 0 Å². The Morgan fingerprint density at radius 3 is 2.52 bits per heavy atom. The van der Waals surface area contributed by atoms with Crippen molar-refractivity contribution in [2.75, 3.05) is 0 Å². The standard InChI is InChI=1S/C16H13ClF3N/c17-13-5-1-9(7-10(13)8-21-11-2-3-11)12-4-6-14(18)16(20)15(12)19/h1,4-7,11,21H,2-3,8H2. The smallest absolute Gasteiger partial charge is 0.195 e. The number of halogens is 4. The van der Waals surface area contributed by atoms with E-state index in [2.05, 4.69) is 5.32 Å². The summed E-state index contributed by atoms with van der Waals surface area (Å²) >= 11 is 6.12. The summed E-state index contributed by atoms with van der Waals surface area (Å²) in [6, 6.07) is 7.61. The van der Waals surface area contributed by atoms with Crippen molar-refractivity contribution in [1.29, 1.82) is 0 Å². The second-order valence-corrected chi connectivity index (χ2v) is 5.59. The molecule has 1 aliphatic rings. The molecule has 1 N–H and O–H groups in total. The zero-order chi connectivity index (χ0) is 15.0.